The molecule has 0 saturated carbocycles. The number of carboxylic acid groups (broad SMARTS) is 1. The second-order valence-corrected chi connectivity index (χ2v) is 4.87. The SMILES string of the molecule is O=C(O)c1cccc(SCC2CCCO2)c1. The van der Waals surface area contributed by atoms with Gasteiger partial charge in [0, 0.05) is 17.3 Å². The Morgan fingerprint density at radius 1 is 1.56 bits per heavy atom. The van der Waals surface area contributed by atoms with Crippen molar-refractivity contribution in [3.63, 3.8) is 0 Å². The number of aromatic carboxylic acids is 1. The van der Waals surface area contributed by atoms with E-state index >= 15 is 0 Å². The number of hydrogen-bond acceptors (Lipinski definition) is 3. The summed E-state index contributed by atoms with van der Waals surface area (Å²) < 4.78 is 5.52. The molecule has 1 fully saturated rings. The van der Waals surface area contributed by atoms with Crippen LogP contribution in [0.4, 0.5) is 0 Å². The van der Waals surface area contributed by atoms with Crippen LogP contribution in [0.25, 0.3) is 0 Å². The smallest absolute Gasteiger partial charge is 0.335 e. The van der Waals surface area contributed by atoms with E-state index in [0.29, 0.717) is 11.7 Å². The molecular formula is C12H14O3S. The summed E-state index contributed by atoms with van der Waals surface area (Å²) in [6.07, 6.45) is 2.59. The van der Waals surface area contributed by atoms with E-state index in [1.54, 1.807) is 30.0 Å². The number of benzene rings is 1. The van der Waals surface area contributed by atoms with Crippen LogP contribution in [0.5, 0.6) is 0 Å². The summed E-state index contributed by atoms with van der Waals surface area (Å²) in [5, 5.41) is 8.86. The largest absolute Gasteiger partial charge is 0.478 e. The molecule has 1 aromatic rings. The minimum Gasteiger partial charge on any atom is -0.478 e. The standard InChI is InChI=1S/C12H14O3S/c13-12(14)9-3-1-5-11(7-9)16-8-10-4-2-6-15-10/h1,3,5,7,10H,2,4,6,8H2,(H,13,14). The van der Waals surface area contributed by atoms with Gasteiger partial charge in [-0.2, -0.15) is 0 Å². The molecule has 1 unspecified atom stereocenters. The highest BCUT2D eigenvalue weighted by molar-refractivity contribution is 7.99. The minimum atomic E-state index is -0.875. The molecule has 0 aromatic heterocycles. The quantitative estimate of drug-likeness (QED) is 0.819. The predicted molar refractivity (Wildman–Crippen MR) is 63.1 cm³/mol. The third kappa shape index (κ3) is 3.00. The molecule has 0 spiro atoms. The average molecular weight is 238 g/mol. The number of thioether (sulfide) groups is 1. The highest BCUT2D eigenvalue weighted by atomic mass is 32.2. The fourth-order valence-electron chi connectivity index (χ4n) is 1.68. The van der Waals surface area contributed by atoms with E-state index < -0.39 is 5.97 Å². The van der Waals surface area contributed by atoms with Crippen molar-refractivity contribution >= 4 is 17.7 Å². The summed E-state index contributed by atoms with van der Waals surface area (Å²) in [4.78, 5) is 11.8. The number of ether oxygens (including phenoxy) is 1. The van der Waals surface area contributed by atoms with E-state index in [2.05, 4.69) is 0 Å². The lowest BCUT2D eigenvalue weighted by Crippen LogP contribution is -2.07. The summed E-state index contributed by atoms with van der Waals surface area (Å²) in [5.41, 5.74) is 0.345. The molecule has 4 heteroatoms. The van der Waals surface area contributed by atoms with Crippen molar-refractivity contribution in [3.05, 3.63) is 29.8 Å². The summed E-state index contributed by atoms with van der Waals surface area (Å²) in [6, 6.07) is 7.04. The van der Waals surface area contributed by atoms with Crippen molar-refractivity contribution in [1.82, 2.24) is 0 Å². The van der Waals surface area contributed by atoms with Crippen molar-refractivity contribution in [2.75, 3.05) is 12.4 Å². The Morgan fingerprint density at radius 3 is 3.12 bits per heavy atom. The van der Waals surface area contributed by atoms with Crippen LogP contribution in [0.2, 0.25) is 0 Å². The topological polar surface area (TPSA) is 46.5 Å². The Morgan fingerprint density at radius 2 is 2.44 bits per heavy atom. The van der Waals surface area contributed by atoms with E-state index in [1.165, 1.54) is 0 Å². The fraction of sp³-hybridized carbons (Fsp3) is 0.417. The van der Waals surface area contributed by atoms with Crippen LogP contribution in [0.15, 0.2) is 29.2 Å². The predicted octanol–water partition coefficient (Wildman–Crippen LogP) is 2.66. The number of carboxylic acids is 1. The van der Waals surface area contributed by atoms with Gasteiger partial charge in [-0.3, -0.25) is 0 Å². The Hall–Kier alpha value is -1.00. The molecule has 1 aliphatic rings. The van der Waals surface area contributed by atoms with Gasteiger partial charge in [-0.15, -0.1) is 11.8 Å². The first kappa shape index (κ1) is 11.5. The molecule has 0 radical (unpaired) electrons. The Balaban J connectivity index is 1.93. The van der Waals surface area contributed by atoms with Gasteiger partial charge >= 0.3 is 5.97 Å². The second kappa shape index (κ2) is 5.37. The first-order valence-electron chi connectivity index (χ1n) is 5.33. The lowest BCUT2D eigenvalue weighted by molar-refractivity contribution is 0.0696. The molecule has 2 rings (SSSR count). The maximum Gasteiger partial charge on any atom is 0.335 e. The monoisotopic (exact) mass is 238 g/mol. The average Bonchev–Trinajstić information content (AvgIpc) is 2.79. The Kier molecular flexibility index (Phi) is 3.85. The molecule has 1 aromatic carbocycles. The zero-order valence-corrected chi connectivity index (χ0v) is 9.70. The maximum absolute atomic E-state index is 10.8. The minimum absolute atomic E-state index is 0.332. The third-order valence-corrected chi connectivity index (χ3v) is 3.67. The van der Waals surface area contributed by atoms with Crippen molar-refractivity contribution < 1.29 is 14.6 Å². The van der Waals surface area contributed by atoms with Crippen molar-refractivity contribution in [1.29, 1.82) is 0 Å². The van der Waals surface area contributed by atoms with Crippen LogP contribution >= 0.6 is 11.8 Å². The van der Waals surface area contributed by atoms with Crippen molar-refractivity contribution in [2.45, 2.75) is 23.8 Å². The lowest BCUT2D eigenvalue weighted by atomic mass is 10.2. The molecular weight excluding hydrogens is 224 g/mol. The Bertz CT molecular complexity index is 372. The zero-order valence-electron chi connectivity index (χ0n) is 8.89. The van der Waals surface area contributed by atoms with E-state index in [-0.39, 0.29) is 0 Å². The molecule has 0 bridgehead atoms. The molecule has 1 heterocycles. The van der Waals surface area contributed by atoms with E-state index in [4.69, 9.17) is 9.84 Å². The molecule has 1 saturated heterocycles. The molecule has 86 valence electrons. The summed E-state index contributed by atoms with van der Waals surface area (Å²) >= 11 is 1.66. The van der Waals surface area contributed by atoms with Crippen molar-refractivity contribution in [3.8, 4) is 0 Å². The Labute approximate surface area is 98.8 Å². The molecule has 1 atom stereocenters. The van der Waals surface area contributed by atoms with Crippen LogP contribution in [-0.2, 0) is 4.74 Å². The van der Waals surface area contributed by atoms with Gasteiger partial charge in [-0.05, 0) is 31.0 Å². The number of hydrogen-bond donors (Lipinski definition) is 1. The maximum atomic E-state index is 10.8. The molecule has 1 N–H and O–H groups in total. The first-order valence-corrected chi connectivity index (χ1v) is 6.32. The molecule has 3 nitrogen and oxygen atoms in total. The molecule has 1 aliphatic heterocycles. The molecule has 0 aliphatic carbocycles. The van der Waals surface area contributed by atoms with Crippen LogP contribution in [0.1, 0.15) is 23.2 Å². The summed E-state index contributed by atoms with van der Waals surface area (Å²) in [5.74, 6) is 0.0304. The highest BCUT2D eigenvalue weighted by Crippen LogP contribution is 2.24. The summed E-state index contributed by atoms with van der Waals surface area (Å²) in [7, 11) is 0. The molecule has 0 amide bonds. The van der Waals surface area contributed by atoms with Gasteiger partial charge in [0.2, 0.25) is 0 Å². The van der Waals surface area contributed by atoms with Gasteiger partial charge < -0.3 is 9.84 Å². The number of rotatable bonds is 4. The van der Waals surface area contributed by atoms with Gasteiger partial charge in [0.25, 0.3) is 0 Å². The molecule has 16 heavy (non-hydrogen) atoms. The van der Waals surface area contributed by atoms with Gasteiger partial charge in [-0.1, -0.05) is 6.07 Å². The van der Waals surface area contributed by atoms with E-state index in [1.807, 2.05) is 6.07 Å². The fourth-order valence-corrected chi connectivity index (χ4v) is 2.71. The summed E-state index contributed by atoms with van der Waals surface area (Å²) in [6.45, 7) is 0.862. The third-order valence-electron chi connectivity index (χ3n) is 2.54. The first-order chi connectivity index (χ1) is 7.75. The normalized spacial score (nSPS) is 19.9. The van der Waals surface area contributed by atoms with E-state index in [9.17, 15) is 4.79 Å². The van der Waals surface area contributed by atoms with Gasteiger partial charge in [0.05, 0.1) is 11.7 Å². The van der Waals surface area contributed by atoms with E-state index in [0.717, 1.165) is 30.1 Å². The van der Waals surface area contributed by atoms with Crippen LogP contribution in [0, 0.1) is 0 Å². The lowest BCUT2D eigenvalue weighted by Gasteiger charge is -2.08. The zero-order chi connectivity index (χ0) is 11.4. The second-order valence-electron chi connectivity index (χ2n) is 3.78. The van der Waals surface area contributed by atoms with Crippen LogP contribution in [0.3, 0.4) is 0 Å². The van der Waals surface area contributed by atoms with Gasteiger partial charge in [0.1, 0.15) is 0 Å². The highest BCUT2D eigenvalue weighted by Gasteiger charge is 2.15. The van der Waals surface area contributed by atoms with Crippen LogP contribution < -0.4 is 0 Å². The van der Waals surface area contributed by atoms with Crippen molar-refractivity contribution in [2.24, 2.45) is 0 Å². The van der Waals surface area contributed by atoms with Gasteiger partial charge in [-0.25, -0.2) is 4.79 Å². The number of carbonyl (C=O) groups is 1. The van der Waals surface area contributed by atoms with Crippen LogP contribution in [-0.4, -0.2) is 29.5 Å². The van der Waals surface area contributed by atoms with Gasteiger partial charge in [0.15, 0.2) is 0 Å².